The van der Waals surface area contributed by atoms with Gasteiger partial charge < -0.3 is 9.47 Å². The number of hydrogen-bond acceptors (Lipinski definition) is 3. The molecular formula is C25H20O3. The van der Waals surface area contributed by atoms with Crippen molar-refractivity contribution < 1.29 is 14.3 Å². The molecule has 3 nitrogen and oxygen atoms in total. The van der Waals surface area contributed by atoms with Crippen LogP contribution in [0.15, 0.2) is 85.1 Å². The summed E-state index contributed by atoms with van der Waals surface area (Å²) in [5, 5.41) is 4.43. The Morgan fingerprint density at radius 1 is 0.893 bits per heavy atom. The zero-order valence-electron chi connectivity index (χ0n) is 15.6. The van der Waals surface area contributed by atoms with Crippen molar-refractivity contribution in [3.63, 3.8) is 0 Å². The molecule has 0 atom stereocenters. The molecule has 0 aliphatic carbocycles. The number of carbonyl (C=O) groups is 1. The van der Waals surface area contributed by atoms with E-state index in [1.54, 1.807) is 6.26 Å². The molecular weight excluding hydrogens is 348 g/mol. The van der Waals surface area contributed by atoms with Gasteiger partial charge in [0.05, 0.1) is 6.26 Å². The van der Waals surface area contributed by atoms with E-state index in [4.69, 9.17) is 9.47 Å². The van der Waals surface area contributed by atoms with Crippen LogP contribution in [0.25, 0.3) is 27.6 Å². The SMILES string of the molecule is CC(=O)Oc1cc(/C=C/OCc2ccccc2)c2c(ccc3ccccc32)c1. The lowest BCUT2D eigenvalue weighted by atomic mass is 9.97. The average molecular weight is 368 g/mol. The molecule has 0 bridgehead atoms. The van der Waals surface area contributed by atoms with Crippen LogP contribution in [0.1, 0.15) is 18.1 Å². The topological polar surface area (TPSA) is 35.5 Å². The van der Waals surface area contributed by atoms with E-state index in [2.05, 4.69) is 18.2 Å². The van der Waals surface area contributed by atoms with E-state index < -0.39 is 0 Å². The number of rotatable bonds is 5. The molecule has 0 saturated heterocycles. The van der Waals surface area contributed by atoms with Crippen LogP contribution < -0.4 is 4.74 Å². The van der Waals surface area contributed by atoms with Gasteiger partial charge in [0, 0.05) is 6.92 Å². The van der Waals surface area contributed by atoms with Crippen molar-refractivity contribution in [2.75, 3.05) is 0 Å². The molecule has 0 unspecified atom stereocenters. The Bertz CT molecular complexity index is 1160. The van der Waals surface area contributed by atoms with Gasteiger partial charge in [0.15, 0.2) is 0 Å². The van der Waals surface area contributed by atoms with Gasteiger partial charge in [-0.3, -0.25) is 4.79 Å². The van der Waals surface area contributed by atoms with Crippen LogP contribution in [-0.4, -0.2) is 5.97 Å². The minimum atomic E-state index is -0.338. The fraction of sp³-hybridized carbons (Fsp3) is 0.0800. The van der Waals surface area contributed by atoms with Crippen molar-refractivity contribution in [1.82, 2.24) is 0 Å². The predicted molar refractivity (Wildman–Crippen MR) is 113 cm³/mol. The minimum Gasteiger partial charge on any atom is -0.496 e. The summed E-state index contributed by atoms with van der Waals surface area (Å²) in [4.78, 5) is 11.4. The zero-order chi connectivity index (χ0) is 19.3. The maximum Gasteiger partial charge on any atom is 0.308 e. The van der Waals surface area contributed by atoms with Crippen LogP contribution in [0.5, 0.6) is 5.75 Å². The summed E-state index contributed by atoms with van der Waals surface area (Å²) in [6.45, 7) is 1.91. The molecule has 0 saturated carbocycles. The van der Waals surface area contributed by atoms with Crippen molar-refractivity contribution in [3.8, 4) is 5.75 Å². The second-order valence-electron chi connectivity index (χ2n) is 6.59. The van der Waals surface area contributed by atoms with Gasteiger partial charge in [0.2, 0.25) is 0 Å². The van der Waals surface area contributed by atoms with Crippen LogP contribution >= 0.6 is 0 Å². The smallest absolute Gasteiger partial charge is 0.308 e. The van der Waals surface area contributed by atoms with Crippen LogP contribution in [0.4, 0.5) is 0 Å². The summed E-state index contributed by atoms with van der Waals surface area (Å²) < 4.78 is 11.1. The lowest BCUT2D eigenvalue weighted by molar-refractivity contribution is -0.131. The maximum atomic E-state index is 11.4. The molecule has 4 aromatic rings. The fourth-order valence-electron chi connectivity index (χ4n) is 3.35. The van der Waals surface area contributed by atoms with E-state index in [0.717, 1.165) is 32.7 Å². The molecule has 0 aliphatic rings. The molecule has 0 heterocycles. The number of carbonyl (C=O) groups excluding carboxylic acids is 1. The molecule has 138 valence electrons. The zero-order valence-corrected chi connectivity index (χ0v) is 15.6. The number of benzene rings is 4. The van der Waals surface area contributed by atoms with Crippen LogP contribution in [0.2, 0.25) is 0 Å². The lowest BCUT2D eigenvalue weighted by Gasteiger charge is -2.10. The second kappa shape index (κ2) is 7.97. The molecule has 4 aromatic carbocycles. The number of esters is 1. The molecule has 0 aromatic heterocycles. The Labute approximate surface area is 163 Å². The molecule has 0 aliphatic heterocycles. The third-order valence-corrected chi connectivity index (χ3v) is 4.54. The van der Waals surface area contributed by atoms with E-state index in [1.807, 2.05) is 66.7 Å². The van der Waals surface area contributed by atoms with Gasteiger partial charge in [-0.1, -0.05) is 66.7 Å². The fourth-order valence-corrected chi connectivity index (χ4v) is 3.35. The summed E-state index contributed by atoms with van der Waals surface area (Å²) in [5.41, 5.74) is 2.05. The number of fused-ring (bicyclic) bond motifs is 3. The molecule has 0 amide bonds. The Balaban J connectivity index is 1.73. The van der Waals surface area contributed by atoms with Crippen molar-refractivity contribution in [2.45, 2.75) is 13.5 Å². The molecule has 0 N–H and O–H groups in total. The standard InChI is InChI=1S/C25H20O3/c1-18(26)28-23-15-21-12-11-20-9-5-6-10-24(20)25(21)22(16-23)13-14-27-17-19-7-3-2-4-8-19/h2-16H,17H2,1H3/b14-13+. The van der Waals surface area contributed by atoms with Gasteiger partial charge in [0.25, 0.3) is 0 Å². The average Bonchev–Trinajstić information content (AvgIpc) is 2.71. The molecule has 4 rings (SSSR count). The highest BCUT2D eigenvalue weighted by atomic mass is 16.5. The molecule has 0 radical (unpaired) electrons. The summed E-state index contributed by atoms with van der Waals surface area (Å²) in [6, 6.07) is 26.2. The van der Waals surface area contributed by atoms with E-state index in [-0.39, 0.29) is 5.97 Å². The third-order valence-electron chi connectivity index (χ3n) is 4.54. The molecule has 28 heavy (non-hydrogen) atoms. The summed E-state index contributed by atoms with van der Waals surface area (Å²) in [6.07, 6.45) is 3.62. The minimum absolute atomic E-state index is 0.338. The second-order valence-corrected chi connectivity index (χ2v) is 6.59. The maximum absolute atomic E-state index is 11.4. The number of ether oxygens (including phenoxy) is 2. The summed E-state index contributed by atoms with van der Waals surface area (Å²) in [7, 11) is 0. The quantitative estimate of drug-likeness (QED) is 0.185. The van der Waals surface area contributed by atoms with Gasteiger partial charge in [-0.05, 0) is 50.9 Å². The van der Waals surface area contributed by atoms with Crippen molar-refractivity contribution in [1.29, 1.82) is 0 Å². The monoisotopic (exact) mass is 368 g/mol. The van der Waals surface area contributed by atoms with Crippen LogP contribution in [-0.2, 0) is 16.1 Å². The van der Waals surface area contributed by atoms with Gasteiger partial charge in [-0.15, -0.1) is 0 Å². The highest BCUT2D eigenvalue weighted by Crippen LogP contribution is 2.33. The van der Waals surface area contributed by atoms with Gasteiger partial charge in [0.1, 0.15) is 12.4 Å². The summed E-state index contributed by atoms with van der Waals surface area (Å²) >= 11 is 0. The third kappa shape index (κ3) is 3.89. The Hall–Kier alpha value is -3.59. The van der Waals surface area contributed by atoms with Gasteiger partial charge in [-0.25, -0.2) is 0 Å². The van der Waals surface area contributed by atoms with Crippen molar-refractivity contribution >= 4 is 33.6 Å². The molecule has 0 spiro atoms. The van der Waals surface area contributed by atoms with Gasteiger partial charge >= 0.3 is 5.97 Å². The Kier molecular flexibility index (Phi) is 5.07. The highest BCUT2D eigenvalue weighted by Gasteiger charge is 2.08. The van der Waals surface area contributed by atoms with Crippen LogP contribution in [0.3, 0.4) is 0 Å². The van der Waals surface area contributed by atoms with Crippen LogP contribution in [0, 0.1) is 0 Å². The summed E-state index contributed by atoms with van der Waals surface area (Å²) in [5.74, 6) is 0.188. The Morgan fingerprint density at radius 3 is 2.46 bits per heavy atom. The first-order chi connectivity index (χ1) is 13.7. The van der Waals surface area contributed by atoms with Crippen molar-refractivity contribution in [3.05, 3.63) is 96.3 Å². The van der Waals surface area contributed by atoms with E-state index in [9.17, 15) is 4.79 Å². The Morgan fingerprint density at radius 2 is 1.64 bits per heavy atom. The first-order valence-corrected chi connectivity index (χ1v) is 9.17. The lowest BCUT2D eigenvalue weighted by Crippen LogP contribution is -2.01. The normalized spacial score (nSPS) is 11.2. The van der Waals surface area contributed by atoms with E-state index in [0.29, 0.717) is 12.4 Å². The van der Waals surface area contributed by atoms with Gasteiger partial charge in [-0.2, -0.15) is 0 Å². The van der Waals surface area contributed by atoms with Crippen molar-refractivity contribution in [2.24, 2.45) is 0 Å². The van der Waals surface area contributed by atoms with E-state index in [1.165, 1.54) is 6.92 Å². The highest BCUT2D eigenvalue weighted by molar-refractivity contribution is 6.11. The largest absolute Gasteiger partial charge is 0.496 e. The molecule has 3 heteroatoms. The number of hydrogen-bond donors (Lipinski definition) is 0. The predicted octanol–water partition coefficient (Wildman–Crippen LogP) is 6.11. The first-order valence-electron chi connectivity index (χ1n) is 9.17. The first kappa shape index (κ1) is 17.8. The van der Waals surface area contributed by atoms with E-state index >= 15 is 0 Å². The molecule has 0 fully saturated rings.